The smallest absolute Gasteiger partial charge is 0.0788 e. The molecule has 1 aliphatic rings. The van der Waals surface area contributed by atoms with Crippen molar-refractivity contribution in [2.75, 3.05) is 0 Å². The Bertz CT molecular complexity index is 361. The Morgan fingerprint density at radius 2 is 1.54 bits per heavy atom. The maximum absolute atomic E-state index is 5.76. The molecule has 1 aromatic carbocycles. The van der Waals surface area contributed by atoms with Gasteiger partial charge in [-0.3, -0.25) is 0 Å². The first-order valence-electron chi connectivity index (χ1n) is 3.80. The van der Waals surface area contributed by atoms with E-state index in [-0.39, 0.29) is 0 Å². The first-order valence-corrected chi connectivity index (χ1v) is 4.93. The van der Waals surface area contributed by atoms with E-state index in [9.17, 15) is 0 Å². The molecule has 0 amide bonds. The number of hydrogen-bond acceptors (Lipinski definition) is 0. The van der Waals surface area contributed by atoms with E-state index in [1.165, 1.54) is 0 Å². The van der Waals surface area contributed by atoms with Gasteiger partial charge in [0.2, 0.25) is 3.79 Å². The van der Waals surface area contributed by atoms with Crippen molar-refractivity contribution in [1.29, 1.82) is 0 Å². The Morgan fingerprint density at radius 1 is 0.923 bits per heavy atom. The first kappa shape index (κ1) is 9.39. The van der Waals surface area contributed by atoms with Gasteiger partial charge in [-0.25, -0.2) is 0 Å². The molecule has 0 heterocycles. The van der Waals surface area contributed by atoms with Crippen LogP contribution in [0.5, 0.6) is 0 Å². The molecule has 2 rings (SSSR count). The van der Waals surface area contributed by atoms with E-state index >= 15 is 0 Å². The third-order valence-electron chi connectivity index (χ3n) is 1.95. The van der Waals surface area contributed by atoms with Gasteiger partial charge < -0.3 is 0 Å². The highest BCUT2D eigenvalue weighted by atomic mass is 35.6. The lowest BCUT2D eigenvalue weighted by Crippen LogP contribution is -2.04. The van der Waals surface area contributed by atoms with Crippen LogP contribution in [0.2, 0.25) is 0 Å². The van der Waals surface area contributed by atoms with Gasteiger partial charge in [0, 0.05) is 6.42 Å². The summed E-state index contributed by atoms with van der Waals surface area (Å²) in [7, 11) is 0. The Balaban J connectivity index is 2.37. The van der Waals surface area contributed by atoms with E-state index in [1.807, 2.05) is 36.8 Å². The van der Waals surface area contributed by atoms with Crippen LogP contribution in [-0.2, 0) is 0 Å². The summed E-state index contributed by atoms with van der Waals surface area (Å²) in [4.78, 5) is 0. The maximum Gasteiger partial charge on any atom is 0.213 e. The molecule has 1 aliphatic carbocycles. The topological polar surface area (TPSA) is 0 Å². The van der Waals surface area contributed by atoms with Crippen LogP contribution in [0.1, 0.15) is 11.1 Å². The van der Waals surface area contributed by atoms with Crippen LogP contribution in [0.4, 0.5) is 0 Å². The highest BCUT2D eigenvalue weighted by Gasteiger charge is 2.29. The minimum atomic E-state index is -1.32. The van der Waals surface area contributed by atoms with Crippen LogP contribution in [0.15, 0.2) is 29.8 Å². The Hall–Kier alpha value is -0.170. The minimum absolute atomic E-state index is 0.721. The van der Waals surface area contributed by atoms with E-state index < -0.39 is 3.79 Å². The van der Waals surface area contributed by atoms with Crippen LogP contribution in [0, 0.1) is 6.42 Å². The molecule has 1 aromatic rings. The minimum Gasteiger partial charge on any atom is -0.0788 e. The number of hydrogen-bond donors (Lipinski definition) is 0. The number of allylic oxidation sites excluding steroid dienone is 1. The van der Waals surface area contributed by atoms with Gasteiger partial charge in [0.05, 0.1) is 0 Å². The summed E-state index contributed by atoms with van der Waals surface area (Å²) in [5.74, 6) is 0. The van der Waals surface area contributed by atoms with E-state index in [1.54, 1.807) is 0 Å². The number of benzene rings is 1. The standard InChI is InChI=1S/C10H6Cl3/c11-10(12,13)9-5-7-3-1-2-4-8(7)6-9/h1-6H. The van der Waals surface area contributed by atoms with Gasteiger partial charge in [-0.1, -0.05) is 65.1 Å². The largest absolute Gasteiger partial charge is 0.213 e. The Morgan fingerprint density at radius 3 is 2.08 bits per heavy atom. The van der Waals surface area contributed by atoms with Crippen molar-refractivity contribution >= 4 is 40.9 Å². The fourth-order valence-corrected chi connectivity index (χ4v) is 1.64. The summed E-state index contributed by atoms with van der Waals surface area (Å²) in [6, 6.07) is 7.92. The van der Waals surface area contributed by atoms with E-state index in [4.69, 9.17) is 34.8 Å². The van der Waals surface area contributed by atoms with Gasteiger partial charge in [0.25, 0.3) is 0 Å². The molecular formula is C10H6Cl3. The highest BCUT2D eigenvalue weighted by molar-refractivity contribution is 6.70. The summed E-state index contributed by atoms with van der Waals surface area (Å²) < 4.78 is -1.32. The Labute approximate surface area is 92.1 Å². The van der Waals surface area contributed by atoms with Crippen molar-refractivity contribution in [3.8, 4) is 0 Å². The molecule has 0 spiro atoms. The molecule has 0 fully saturated rings. The molecule has 0 saturated heterocycles. The first-order chi connectivity index (χ1) is 6.07. The summed E-state index contributed by atoms with van der Waals surface area (Å²) >= 11 is 17.3. The van der Waals surface area contributed by atoms with Crippen LogP contribution in [-0.4, -0.2) is 3.79 Å². The number of rotatable bonds is 0. The molecule has 3 heteroatoms. The maximum atomic E-state index is 5.76. The van der Waals surface area contributed by atoms with Crippen LogP contribution in [0.25, 0.3) is 6.08 Å². The van der Waals surface area contributed by atoms with Crippen molar-refractivity contribution in [2.45, 2.75) is 3.79 Å². The average molecular weight is 233 g/mol. The van der Waals surface area contributed by atoms with Gasteiger partial charge >= 0.3 is 0 Å². The lowest BCUT2D eigenvalue weighted by Gasteiger charge is -2.10. The number of fused-ring (bicyclic) bond motifs is 1. The van der Waals surface area contributed by atoms with E-state index in [2.05, 4.69) is 0 Å². The van der Waals surface area contributed by atoms with Gasteiger partial charge in [0.1, 0.15) is 0 Å². The predicted molar refractivity (Wildman–Crippen MR) is 58.1 cm³/mol. The molecule has 0 aliphatic heterocycles. The molecule has 0 bridgehead atoms. The molecule has 0 nitrogen and oxygen atoms in total. The van der Waals surface area contributed by atoms with Crippen molar-refractivity contribution < 1.29 is 0 Å². The van der Waals surface area contributed by atoms with Gasteiger partial charge in [-0.15, -0.1) is 0 Å². The van der Waals surface area contributed by atoms with Crippen LogP contribution < -0.4 is 0 Å². The zero-order valence-electron chi connectivity index (χ0n) is 6.60. The van der Waals surface area contributed by atoms with Crippen molar-refractivity contribution in [3.05, 3.63) is 47.4 Å². The van der Waals surface area contributed by atoms with Crippen molar-refractivity contribution in [1.82, 2.24) is 0 Å². The SMILES string of the molecule is ClC(Cl)(Cl)C1=Cc2ccccc2[CH]1. The summed E-state index contributed by atoms with van der Waals surface area (Å²) in [5, 5.41) is 0. The fourth-order valence-electron chi connectivity index (χ4n) is 1.31. The molecule has 0 atom stereocenters. The lowest BCUT2D eigenvalue weighted by atomic mass is 10.1. The second kappa shape index (κ2) is 3.20. The molecule has 0 unspecified atom stereocenters. The van der Waals surface area contributed by atoms with E-state index in [0.717, 1.165) is 16.7 Å². The Kier molecular flexibility index (Phi) is 2.31. The third kappa shape index (κ3) is 1.85. The van der Waals surface area contributed by atoms with Crippen LogP contribution >= 0.6 is 34.8 Å². The molecule has 13 heavy (non-hydrogen) atoms. The van der Waals surface area contributed by atoms with Crippen molar-refractivity contribution in [2.24, 2.45) is 0 Å². The fraction of sp³-hybridized carbons (Fsp3) is 0.100. The van der Waals surface area contributed by atoms with E-state index in [0.29, 0.717) is 0 Å². The molecule has 67 valence electrons. The number of alkyl halides is 3. The quantitative estimate of drug-likeness (QED) is 0.593. The predicted octanol–water partition coefficient (Wildman–Crippen LogP) is 4.01. The highest BCUT2D eigenvalue weighted by Crippen LogP contribution is 2.42. The van der Waals surface area contributed by atoms with Gasteiger partial charge in [0.15, 0.2) is 0 Å². The monoisotopic (exact) mass is 231 g/mol. The normalized spacial score (nSPS) is 15.5. The number of halogens is 3. The second-order valence-electron chi connectivity index (χ2n) is 2.87. The average Bonchev–Trinajstić information content (AvgIpc) is 2.45. The summed E-state index contributed by atoms with van der Waals surface area (Å²) in [6.45, 7) is 0. The van der Waals surface area contributed by atoms with Gasteiger partial charge in [-0.05, 0) is 16.7 Å². The zero-order chi connectivity index (χ0) is 9.47. The molecule has 0 saturated carbocycles. The molecular weight excluding hydrogens is 226 g/mol. The zero-order valence-corrected chi connectivity index (χ0v) is 8.87. The molecule has 0 aromatic heterocycles. The third-order valence-corrected chi connectivity index (χ3v) is 2.60. The summed E-state index contributed by atoms with van der Waals surface area (Å²) in [6.07, 6.45) is 3.78. The summed E-state index contributed by atoms with van der Waals surface area (Å²) in [5.41, 5.74) is 2.92. The van der Waals surface area contributed by atoms with Crippen LogP contribution in [0.3, 0.4) is 0 Å². The van der Waals surface area contributed by atoms with Crippen molar-refractivity contribution in [3.63, 3.8) is 0 Å². The molecule has 1 radical (unpaired) electrons. The second-order valence-corrected chi connectivity index (χ2v) is 5.15. The van der Waals surface area contributed by atoms with Gasteiger partial charge in [-0.2, -0.15) is 0 Å². The molecule has 0 N–H and O–H groups in total. The lowest BCUT2D eigenvalue weighted by molar-refractivity contribution is 1.31.